The predicted molar refractivity (Wildman–Crippen MR) is 143 cm³/mol. The molecule has 0 saturated carbocycles. The van der Waals surface area contributed by atoms with Crippen molar-refractivity contribution in [2.24, 2.45) is 11.8 Å². The molecule has 38 heavy (non-hydrogen) atoms. The van der Waals surface area contributed by atoms with Crippen molar-refractivity contribution >= 4 is 17.8 Å². The minimum absolute atomic E-state index is 0.254. The number of hydrogen-bond donors (Lipinski definition) is 1. The largest absolute Gasteiger partial charge is 0.465 e. The molecule has 1 aromatic rings. The first-order valence-corrected chi connectivity index (χ1v) is 13.7. The lowest BCUT2D eigenvalue weighted by Gasteiger charge is -2.39. The zero-order valence-corrected chi connectivity index (χ0v) is 22.3. The third kappa shape index (κ3) is 5.04. The number of allylic oxidation sites excluding steroid dienone is 1. The number of carbonyl (C=O) groups excluding carboxylic acids is 3. The number of benzene rings is 1. The lowest BCUT2D eigenvalue weighted by molar-refractivity contribution is -0.156. The van der Waals surface area contributed by atoms with Crippen molar-refractivity contribution in [2.75, 3.05) is 19.8 Å². The van der Waals surface area contributed by atoms with Crippen LogP contribution in [0.4, 0.5) is 0 Å². The van der Waals surface area contributed by atoms with Crippen LogP contribution >= 0.6 is 0 Å². The lowest BCUT2D eigenvalue weighted by Crippen LogP contribution is -2.58. The van der Waals surface area contributed by atoms with Crippen molar-refractivity contribution < 1.29 is 29.0 Å². The number of esters is 1. The Bertz CT molecular complexity index is 1020. The van der Waals surface area contributed by atoms with Gasteiger partial charge in [0, 0.05) is 13.1 Å². The molecular weight excluding hydrogens is 484 g/mol. The number of unbranched alkanes of at least 4 members (excludes halogenated alkanes) is 2. The molecule has 1 aromatic carbocycles. The summed E-state index contributed by atoms with van der Waals surface area (Å²) in [7, 11) is 0. The molecule has 3 fully saturated rings. The average molecular weight is 525 g/mol. The van der Waals surface area contributed by atoms with Gasteiger partial charge in [-0.15, -0.1) is 13.2 Å². The van der Waals surface area contributed by atoms with E-state index in [1.54, 1.807) is 11.0 Å². The van der Waals surface area contributed by atoms with Crippen LogP contribution in [0.25, 0.3) is 0 Å². The van der Waals surface area contributed by atoms with Gasteiger partial charge in [0.1, 0.15) is 11.6 Å². The highest BCUT2D eigenvalue weighted by Gasteiger charge is 2.75. The second kappa shape index (κ2) is 12.3. The van der Waals surface area contributed by atoms with Gasteiger partial charge in [-0.3, -0.25) is 14.4 Å². The Morgan fingerprint density at radius 2 is 2.03 bits per heavy atom. The van der Waals surface area contributed by atoms with E-state index in [2.05, 4.69) is 13.2 Å². The summed E-state index contributed by atoms with van der Waals surface area (Å²) in [6.07, 6.45) is 7.01. The van der Waals surface area contributed by atoms with Crippen molar-refractivity contribution in [3.05, 3.63) is 61.2 Å². The van der Waals surface area contributed by atoms with Gasteiger partial charge in [-0.1, -0.05) is 49.4 Å². The summed E-state index contributed by atoms with van der Waals surface area (Å²) in [5.74, 6) is -2.56. The lowest BCUT2D eigenvalue weighted by atomic mass is 9.70. The average Bonchev–Trinajstić information content (AvgIpc) is 3.57. The number of nitrogens with zero attached hydrogens (tertiary/aromatic N) is 2. The Hall–Kier alpha value is -2.97. The van der Waals surface area contributed by atoms with E-state index in [0.29, 0.717) is 38.8 Å². The van der Waals surface area contributed by atoms with Gasteiger partial charge in [0.05, 0.1) is 37.2 Å². The third-order valence-corrected chi connectivity index (χ3v) is 8.24. The van der Waals surface area contributed by atoms with E-state index in [1.165, 1.54) is 4.90 Å². The first kappa shape index (κ1) is 28.0. The molecule has 206 valence electrons. The molecule has 3 heterocycles. The highest BCUT2D eigenvalue weighted by Crippen LogP contribution is 2.59. The molecule has 8 nitrogen and oxygen atoms in total. The molecule has 0 aliphatic carbocycles. The molecule has 2 unspecified atom stereocenters. The minimum Gasteiger partial charge on any atom is -0.465 e. The number of hydrogen-bond acceptors (Lipinski definition) is 6. The molecule has 3 saturated heterocycles. The quantitative estimate of drug-likeness (QED) is 0.228. The molecule has 4 rings (SSSR count). The van der Waals surface area contributed by atoms with Crippen LogP contribution in [0.15, 0.2) is 55.6 Å². The number of aliphatic hydroxyl groups is 1. The van der Waals surface area contributed by atoms with Crippen molar-refractivity contribution in [2.45, 2.75) is 75.8 Å². The number of likely N-dealkylation sites (tertiary alicyclic amines) is 1. The number of fused-ring (bicyclic) bond motifs is 1. The fraction of sp³-hybridized carbons (Fsp3) is 0.567. The van der Waals surface area contributed by atoms with Crippen molar-refractivity contribution in [1.29, 1.82) is 0 Å². The van der Waals surface area contributed by atoms with Crippen molar-refractivity contribution in [3.63, 3.8) is 0 Å². The Morgan fingerprint density at radius 1 is 1.26 bits per heavy atom. The van der Waals surface area contributed by atoms with Gasteiger partial charge in [-0.25, -0.2) is 0 Å². The van der Waals surface area contributed by atoms with Crippen LogP contribution in [0, 0.1) is 11.8 Å². The van der Waals surface area contributed by atoms with E-state index < -0.39 is 41.6 Å². The maximum absolute atomic E-state index is 14.3. The number of rotatable bonds is 14. The summed E-state index contributed by atoms with van der Waals surface area (Å²) in [5, 5.41) is 10.2. The fourth-order valence-corrected chi connectivity index (χ4v) is 6.47. The topological polar surface area (TPSA) is 96.4 Å². The molecule has 8 heteroatoms. The molecule has 3 aliphatic rings. The van der Waals surface area contributed by atoms with Crippen LogP contribution in [-0.4, -0.2) is 76.2 Å². The SMILES string of the molecule is C=CCCCCOC(=O)[C@@H]1[C@H]2C(=O)N([C@@H](CC)CO)C(C(=O)N(CC=C)Cc3ccccc3)C23CC[C@H]1O3. The van der Waals surface area contributed by atoms with Gasteiger partial charge in [0.15, 0.2) is 0 Å². The number of ether oxygens (including phenoxy) is 2. The first-order valence-electron chi connectivity index (χ1n) is 13.7. The highest BCUT2D eigenvalue weighted by molar-refractivity contribution is 5.98. The van der Waals surface area contributed by atoms with E-state index in [1.807, 2.05) is 43.3 Å². The standard InChI is InChI=1S/C30H40N2O6/c1-4-7-8-12-18-37-29(36)24-23-15-16-30(38-23)25(24)27(34)32(22(6-3)20-33)26(30)28(35)31(17-5-2)19-21-13-10-9-11-14-21/h4-5,9-11,13-14,22-26,33H,1-2,6-8,12,15-20H2,3H3/t22-,23+,24-,25-,26?,30?/m0/s1. The third-order valence-electron chi connectivity index (χ3n) is 8.24. The Kier molecular flexibility index (Phi) is 9.05. The van der Waals surface area contributed by atoms with Crippen molar-refractivity contribution in [1.82, 2.24) is 9.80 Å². The monoisotopic (exact) mass is 524 g/mol. The first-order chi connectivity index (χ1) is 18.4. The van der Waals surface area contributed by atoms with E-state index in [0.717, 1.165) is 18.4 Å². The van der Waals surface area contributed by atoms with E-state index in [4.69, 9.17) is 9.47 Å². The number of carbonyl (C=O) groups is 3. The number of aliphatic hydroxyl groups excluding tert-OH is 1. The molecule has 0 aromatic heterocycles. The summed E-state index contributed by atoms with van der Waals surface area (Å²) in [5.41, 5.74) is -0.166. The van der Waals surface area contributed by atoms with Gasteiger partial charge in [-0.05, 0) is 44.1 Å². The van der Waals surface area contributed by atoms with Crippen LogP contribution in [0.3, 0.4) is 0 Å². The summed E-state index contributed by atoms with van der Waals surface area (Å²) in [6.45, 7) is 10.1. The van der Waals surface area contributed by atoms with Gasteiger partial charge in [-0.2, -0.15) is 0 Å². The van der Waals surface area contributed by atoms with Crippen LogP contribution < -0.4 is 0 Å². The van der Waals surface area contributed by atoms with Crippen LogP contribution in [0.1, 0.15) is 51.0 Å². The van der Waals surface area contributed by atoms with Gasteiger partial charge in [0.25, 0.3) is 0 Å². The summed E-state index contributed by atoms with van der Waals surface area (Å²) >= 11 is 0. The van der Waals surface area contributed by atoms with E-state index in [9.17, 15) is 19.5 Å². The minimum atomic E-state index is -1.12. The van der Waals surface area contributed by atoms with Gasteiger partial charge < -0.3 is 24.4 Å². The summed E-state index contributed by atoms with van der Waals surface area (Å²) in [6, 6.07) is 8.15. The predicted octanol–water partition coefficient (Wildman–Crippen LogP) is 3.25. The summed E-state index contributed by atoms with van der Waals surface area (Å²) < 4.78 is 12.1. The van der Waals surface area contributed by atoms with Gasteiger partial charge in [0.2, 0.25) is 11.8 Å². The molecule has 2 bridgehead atoms. The molecule has 3 aliphatic heterocycles. The van der Waals surface area contributed by atoms with Crippen molar-refractivity contribution in [3.8, 4) is 0 Å². The molecule has 1 spiro atoms. The zero-order valence-electron chi connectivity index (χ0n) is 22.3. The second-order valence-electron chi connectivity index (χ2n) is 10.5. The van der Waals surface area contributed by atoms with Crippen LogP contribution in [0.2, 0.25) is 0 Å². The van der Waals surface area contributed by atoms with E-state index >= 15 is 0 Å². The molecule has 2 amide bonds. The molecule has 6 atom stereocenters. The Labute approximate surface area is 225 Å². The zero-order chi connectivity index (χ0) is 27.3. The summed E-state index contributed by atoms with van der Waals surface area (Å²) in [4.78, 5) is 44.8. The fourth-order valence-electron chi connectivity index (χ4n) is 6.47. The Morgan fingerprint density at radius 3 is 2.68 bits per heavy atom. The maximum atomic E-state index is 14.3. The molecule has 0 radical (unpaired) electrons. The number of amides is 2. The van der Waals surface area contributed by atoms with Gasteiger partial charge >= 0.3 is 5.97 Å². The highest BCUT2D eigenvalue weighted by atomic mass is 16.6. The second-order valence-corrected chi connectivity index (χ2v) is 10.5. The van der Waals surface area contributed by atoms with E-state index in [-0.39, 0.29) is 25.0 Å². The maximum Gasteiger partial charge on any atom is 0.312 e. The van der Waals surface area contributed by atoms with Crippen LogP contribution in [-0.2, 0) is 30.4 Å². The van der Waals surface area contributed by atoms with Crippen LogP contribution in [0.5, 0.6) is 0 Å². The molecule has 1 N–H and O–H groups in total. The smallest absolute Gasteiger partial charge is 0.312 e. The Balaban J connectivity index is 1.65. The normalized spacial score (nSPS) is 28.2. The molecular formula is C30H40N2O6.